The second-order valence-corrected chi connectivity index (χ2v) is 10.2. The number of rotatable bonds is 6. The summed E-state index contributed by atoms with van der Waals surface area (Å²) in [6.07, 6.45) is 6.34. The summed E-state index contributed by atoms with van der Waals surface area (Å²) in [6, 6.07) is 5.41. The molecule has 3 aromatic rings. The molecule has 2 amide bonds. The first-order valence-corrected chi connectivity index (χ1v) is 12.0. The molecule has 0 bridgehead atoms. The number of hydrogen-bond acceptors (Lipinski definition) is 7. The second-order valence-electron chi connectivity index (χ2n) is 10.2. The van der Waals surface area contributed by atoms with Crippen LogP contribution in [0.3, 0.4) is 0 Å². The molecule has 0 aliphatic heterocycles. The molecule has 9 nitrogen and oxygen atoms in total. The average molecular weight is 468 g/mol. The highest BCUT2D eigenvalue weighted by atomic mass is 16.5. The third-order valence-corrected chi connectivity index (χ3v) is 6.15. The predicted molar refractivity (Wildman–Crippen MR) is 127 cm³/mol. The van der Waals surface area contributed by atoms with Crippen LogP contribution in [0.4, 0.5) is 5.69 Å². The van der Waals surface area contributed by atoms with E-state index < -0.39 is 5.54 Å². The SMILES string of the molecule is CC(=O)NC1(c2noc(CCC(=O)Nc3ccc4oc(C(C)(C)C)nc4c3)n2)CCCCCC1. The van der Waals surface area contributed by atoms with E-state index in [1.54, 1.807) is 12.1 Å². The molecule has 4 rings (SSSR count). The first kappa shape index (κ1) is 23.9. The molecule has 0 atom stereocenters. The Morgan fingerprint density at radius 3 is 2.50 bits per heavy atom. The quantitative estimate of drug-likeness (QED) is 0.501. The van der Waals surface area contributed by atoms with Crippen molar-refractivity contribution >= 4 is 28.6 Å². The predicted octanol–water partition coefficient (Wildman–Crippen LogP) is 4.77. The van der Waals surface area contributed by atoms with Gasteiger partial charge in [0, 0.05) is 30.9 Å². The van der Waals surface area contributed by atoms with E-state index in [0.29, 0.717) is 40.8 Å². The van der Waals surface area contributed by atoms with Crippen molar-refractivity contribution in [3.05, 3.63) is 35.8 Å². The summed E-state index contributed by atoms with van der Waals surface area (Å²) in [4.78, 5) is 33.5. The standard InChI is InChI=1S/C25H33N5O4/c1-16(31)29-25(13-7-5-6-8-14-25)22-28-21(34-30-22)12-11-20(32)26-17-9-10-19-18(15-17)27-23(33-19)24(2,3)4/h9-10,15H,5-8,11-14H2,1-4H3,(H,26,32)(H,29,31). The van der Waals surface area contributed by atoms with Crippen molar-refractivity contribution in [1.82, 2.24) is 20.4 Å². The number of carbonyl (C=O) groups is 2. The number of nitrogens with one attached hydrogen (secondary N) is 2. The van der Waals surface area contributed by atoms with Crippen molar-refractivity contribution in [3.63, 3.8) is 0 Å². The zero-order valence-corrected chi connectivity index (χ0v) is 20.4. The van der Waals surface area contributed by atoms with E-state index in [2.05, 4.69) is 25.8 Å². The number of nitrogens with zero attached hydrogens (tertiary/aromatic N) is 3. The molecule has 1 saturated carbocycles. The summed E-state index contributed by atoms with van der Waals surface area (Å²) >= 11 is 0. The van der Waals surface area contributed by atoms with Gasteiger partial charge in [-0.25, -0.2) is 4.98 Å². The number of carbonyl (C=O) groups excluding carboxylic acids is 2. The molecule has 0 spiro atoms. The Morgan fingerprint density at radius 1 is 1.09 bits per heavy atom. The van der Waals surface area contributed by atoms with Gasteiger partial charge < -0.3 is 19.6 Å². The number of anilines is 1. The lowest BCUT2D eigenvalue weighted by Crippen LogP contribution is -2.45. The third kappa shape index (κ3) is 5.46. The summed E-state index contributed by atoms with van der Waals surface area (Å²) in [7, 11) is 0. The summed E-state index contributed by atoms with van der Waals surface area (Å²) in [6.45, 7) is 7.63. The van der Waals surface area contributed by atoms with Crippen molar-refractivity contribution in [2.45, 2.75) is 90.0 Å². The molecule has 2 N–H and O–H groups in total. The van der Waals surface area contributed by atoms with E-state index in [0.717, 1.165) is 38.5 Å². The minimum absolute atomic E-state index is 0.105. The van der Waals surface area contributed by atoms with Crippen LogP contribution in [0.2, 0.25) is 0 Å². The lowest BCUT2D eigenvalue weighted by atomic mass is 9.89. The van der Waals surface area contributed by atoms with Gasteiger partial charge in [-0.15, -0.1) is 0 Å². The molecule has 1 aromatic carbocycles. The number of aromatic nitrogens is 3. The van der Waals surface area contributed by atoms with Gasteiger partial charge in [0.15, 0.2) is 11.4 Å². The highest BCUT2D eigenvalue weighted by molar-refractivity contribution is 5.92. The summed E-state index contributed by atoms with van der Waals surface area (Å²) in [5, 5.41) is 10.1. The summed E-state index contributed by atoms with van der Waals surface area (Å²) in [5.74, 6) is 1.28. The molecular weight excluding hydrogens is 434 g/mol. The van der Waals surface area contributed by atoms with Crippen molar-refractivity contribution < 1.29 is 18.5 Å². The van der Waals surface area contributed by atoms with Gasteiger partial charge in [-0.05, 0) is 31.0 Å². The fourth-order valence-corrected chi connectivity index (χ4v) is 4.39. The number of benzene rings is 1. The molecule has 0 radical (unpaired) electrons. The third-order valence-electron chi connectivity index (χ3n) is 6.15. The lowest BCUT2D eigenvalue weighted by molar-refractivity contribution is -0.121. The fourth-order valence-electron chi connectivity index (χ4n) is 4.39. The van der Waals surface area contributed by atoms with Crippen LogP contribution in [0.1, 0.15) is 90.2 Å². The van der Waals surface area contributed by atoms with E-state index in [1.165, 1.54) is 6.92 Å². The molecule has 0 unspecified atom stereocenters. The Hall–Kier alpha value is -3.23. The van der Waals surface area contributed by atoms with Crippen LogP contribution >= 0.6 is 0 Å². The van der Waals surface area contributed by atoms with Crippen molar-refractivity contribution in [3.8, 4) is 0 Å². The maximum Gasteiger partial charge on any atom is 0.227 e. The van der Waals surface area contributed by atoms with Gasteiger partial charge in [0.25, 0.3) is 0 Å². The zero-order chi connectivity index (χ0) is 24.3. The van der Waals surface area contributed by atoms with Crippen LogP contribution in [0.5, 0.6) is 0 Å². The minimum atomic E-state index is -0.592. The lowest BCUT2D eigenvalue weighted by Gasteiger charge is -2.30. The zero-order valence-electron chi connectivity index (χ0n) is 20.4. The van der Waals surface area contributed by atoms with Crippen LogP contribution in [-0.4, -0.2) is 26.9 Å². The topological polar surface area (TPSA) is 123 Å². The van der Waals surface area contributed by atoms with E-state index in [9.17, 15) is 9.59 Å². The van der Waals surface area contributed by atoms with Crippen molar-refractivity contribution in [1.29, 1.82) is 0 Å². The molecule has 2 heterocycles. The van der Waals surface area contributed by atoms with Gasteiger partial charge in [-0.1, -0.05) is 51.6 Å². The molecule has 0 saturated heterocycles. The van der Waals surface area contributed by atoms with Crippen molar-refractivity contribution in [2.24, 2.45) is 0 Å². The number of oxazole rings is 1. The minimum Gasteiger partial charge on any atom is -0.440 e. The Morgan fingerprint density at radius 2 is 1.82 bits per heavy atom. The summed E-state index contributed by atoms with van der Waals surface area (Å²) < 4.78 is 11.3. The highest BCUT2D eigenvalue weighted by Gasteiger charge is 2.38. The molecule has 1 aliphatic carbocycles. The van der Waals surface area contributed by atoms with Gasteiger partial charge in [0.05, 0.1) is 0 Å². The Kier molecular flexibility index (Phi) is 6.72. The molecule has 1 fully saturated rings. The van der Waals surface area contributed by atoms with Crippen LogP contribution in [0.15, 0.2) is 27.1 Å². The second kappa shape index (κ2) is 9.56. The molecule has 182 valence electrons. The Balaban J connectivity index is 1.39. The molecule has 1 aliphatic rings. The first-order valence-electron chi connectivity index (χ1n) is 12.0. The average Bonchev–Trinajstić information content (AvgIpc) is 3.35. The van der Waals surface area contributed by atoms with E-state index in [1.807, 2.05) is 26.8 Å². The normalized spacial score (nSPS) is 16.2. The number of aryl methyl sites for hydroxylation is 1. The van der Waals surface area contributed by atoms with E-state index in [4.69, 9.17) is 8.94 Å². The Labute approximate surface area is 199 Å². The largest absolute Gasteiger partial charge is 0.440 e. The van der Waals surface area contributed by atoms with Gasteiger partial charge >= 0.3 is 0 Å². The Bertz CT molecular complexity index is 1170. The molecule has 34 heavy (non-hydrogen) atoms. The van der Waals surface area contributed by atoms with Gasteiger partial charge in [-0.3, -0.25) is 9.59 Å². The summed E-state index contributed by atoms with van der Waals surface area (Å²) in [5.41, 5.74) is 1.26. The van der Waals surface area contributed by atoms with Crippen LogP contribution in [0, 0.1) is 0 Å². The maximum atomic E-state index is 12.5. The van der Waals surface area contributed by atoms with Gasteiger partial charge in [0.1, 0.15) is 11.1 Å². The molecule has 2 aromatic heterocycles. The van der Waals surface area contributed by atoms with Crippen LogP contribution in [0.25, 0.3) is 11.1 Å². The van der Waals surface area contributed by atoms with Gasteiger partial charge in [0.2, 0.25) is 23.6 Å². The molecule has 9 heteroatoms. The monoisotopic (exact) mass is 467 g/mol. The number of fused-ring (bicyclic) bond motifs is 1. The molecular formula is C25H33N5O4. The van der Waals surface area contributed by atoms with Gasteiger partial charge in [-0.2, -0.15) is 4.98 Å². The van der Waals surface area contributed by atoms with E-state index in [-0.39, 0.29) is 23.7 Å². The fraction of sp³-hybridized carbons (Fsp3) is 0.560. The van der Waals surface area contributed by atoms with Crippen LogP contribution < -0.4 is 10.6 Å². The van der Waals surface area contributed by atoms with Crippen molar-refractivity contribution in [2.75, 3.05) is 5.32 Å². The smallest absolute Gasteiger partial charge is 0.227 e. The van der Waals surface area contributed by atoms with E-state index >= 15 is 0 Å². The number of hydrogen-bond donors (Lipinski definition) is 2. The highest BCUT2D eigenvalue weighted by Crippen LogP contribution is 2.34. The first-order chi connectivity index (χ1) is 16.1. The number of amides is 2. The maximum absolute atomic E-state index is 12.5. The van der Waals surface area contributed by atoms with Crippen LogP contribution in [-0.2, 0) is 27.0 Å².